The normalized spacial score (nSPS) is 26.9. The topological polar surface area (TPSA) is 67.4 Å². The van der Waals surface area contributed by atoms with Crippen molar-refractivity contribution in [1.29, 1.82) is 0 Å². The van der Waals surface area contributed by atoms with Gasteiger partial charge >= 0.3 is 0 Å². The SMILES string of the molecule is CC1Sc2ccc(C(=O)NCC3CCOC3)cc2NC(=O)C2=CC=CCC21. The Kier molecular flexibility index (Phi) is 5.36. The molecule has 3 aliphatic rings. The van der Waals surface area contributed by atoms with Gasteiger partial charge in [0.15, 0.2) is 0 Å². The van der Waals surface area contributed by atoms with Crippen molar-refractivity contribution in [2.45, 2.75) is 29.9 Å². The summed E-state index contributed by atoms with van der Waals surface area (Å²) < 4.78 is 5.35. The second kappa shape index (κ2) is 7.90. The first kappa shape index (κ1) is 18.3. The molecule has 1 saturated heterocycles. The molecule has 3 unspecified atom stereocenters. The molecular formula is C21H24N2O3S. The molecule has 2 heterocycles. The van der Waals surface area contributed by atoms with Crippen LogP contribution in [-0.4, -0.2) is 36.8 Å². The average molecular weight is 385 g/mol. The Hall–Kier alpha value is -2.05. The van der Waals surface area contributed by atoms with Gasteiger partial charge < -0.3 is 15.4 Å². The first-order valence-electron chi connectivity index (χ1n) is 9.46. The van der Waals surface area contributed by atoms with E-state index in [2.05, 4.69) is 23.6 Å². The van der Waals surface area contributed by atoms with Crippen molar-refractivity contribution in [1.82, 2.24) is 5.32 Å². The van der Waals surface area contributed by atoms with Crippen LogP contribution >= 0.6 is 11.8 Å². The molecule has 0 radical (unpaired) electrons. The van der Waals surface area contributed by atoms with E-state index in [1.54, 1.807) is 17.8 Å². The quantitative estimate of drug-likeness (QED) is 0.838. The Balaban J connectivity index is 1.53. The number of amides is 2. The average Bonchev–Trinajstić information content (AvgIpc) is 3.20. The fraction of sp³-hybridized carbons (Fsp3) is 0.429. The van der Waals surface area contributed by atoms with E-state index in [-0.39, 0.29) is 23.0 Å². The number of carbonyl (C=O) groups is 2. The summed E-state index contributed by atoms with van der Waals surface area (Å²) in [5, 5.41) is 6.28. The minimum absolute atomic E-state index is 0.0709. The standard InChI is InChI=1S/C21H24N2O3S/c1-13-16-4-2-3-5-17(16)21(25)23-18-10-15(6-7-19(18)27-13)20(24)22-11-14-8-9-26-12-14/h2-3,5-7,10,13-14,16H,4,8-9,11-12H2,1H3,(H,22,24)(H,23,25). The molecule has 0 bridgehead atoms. The maximum absolute atomic E-state index is 12.8. The number of thioether (sulfide) groups is 1. The lowest BCUT2D eigenvalue weighted by Crippen LogP contribution is -2.30. The lowest BCUT2D eigenvalue weighted by molar-refractivity contribution is -0.113. The molecule has 5 nitrogen and oxygen atoms in total. The number of hydrogen-bond acceptors (Lipinski definition) is 4. The third-order valence-electron chi connectivity index (χ3n) is 5.41. The minimum atomic E-state index is -0.114. The third kappa shape index (κ3) is 3.96. The number of fused-ring (bicyclic) bond motifs is 2. The molecule has 0 spiro atoms. The van der Waals surface area contributed by atoms with Gasteiger partial charge in [-0.2, -0.15) is 0 Å². The maximum atomic E-state index is 12.8. The molecule has 0 saturated carbocycles. The number of hydrogen-bond donors (Lipinski definition) is 2. The van der Waals surface area contributed by atoms with Gasteiger partial charge in [0.2, 0.25) is 0 Å². The molecule has 1 aromatic carbocycles. The van der Waals surface area contributed by atoms with Crippen LogP contribution < -0.4 is 10.6 Å². The van der Waals surface area contributed by atoms with E-state index in [0.717, 1.165) is 29.9 Å². The molecule has 2 aliphatic heterocycles. The summed E-state index contributed by atoms with van der Waals surface area (Å²) in [5.41, 5.74) is 2.10. The van der Waals surface area contributed by atoms with Crippen molar-refractivity contribution in [3.8, 4) is 0 Å². The fourth-order valence-corrected chi connectivity index (χ4v) is 4.97. The molecule has 4 rings (SSSR count). The summed E-state index contributed by atoms with van der Waals surface area (Å²) in [6, 6.07) is 5.56. The van der Waals surface area contributed by atoms with E-state index < -0.39 is 0 Å². The summed E-state index contributed by atoms with van der Waals surface area (Å²) in [6.07, 6.45) is 7.84. The summed E-state index contributed by atoms with van der Waals surface area (Å²) >= 11 is 1.75. The van der Waals surface area contributed by atoms with Gasteiger partial charge in [-0.25, -0.2) is 0 Å². The maximum Gasteiger partial charge on any atom is 0.251 e. The Morgan fingerprint density at radius 3 is 3.11 bits per heavy atom. The molecule has 0 aromatic heterocycles. The van der Waals surface area contributed by atoms with Gasteiger partial charge in [0.05, 0.1) is 12.3 Å². The van der Waals surface area contributed by atoms with Crippen LogP contribution in [-0.2, 0) is 9.53 Å². The highest BCUT2D eigenvalue weighted by Crippen LogP contribution is 2.41. The molecule has 2 N–H and O–H groups in total. The van der Waals surface area contributed by atoms with Crippen molar-refractivity contribution in [3.05, 3.63) is 47.6 Å². The zero-order valence-electron chi connectivity index (χ0n) is 15.4. The number of carbonyl (C=O) groups excluding carboxylic acids is 2. The highest BCUT2D eigenvalue weighted by atomic mass is 32.2. The van der Waals surface area contributed by atoms with Crippen molar-refractivity contribution in [2.24, 2.45) is 11.8 Å². The van der Waals surface area contributed by atoms with Crippen LogP contribution in [0.2, 0.25) is 0 Å². The monoisotopic (exact) mass is 384 g/mol. The summed E-state index contributed by atoms with van der Waals surface area (Å²) in [6.45, 7) is 4.26. The Bertz CT molecular complexity index is 812. The highest BCUT2D eigenvalue weighted by molar-refractivity contribution is 8.00. The first-order valence-corrected chi connectivity index (χ1v) is 10.3. The molecule has 3 atom stereocenters. The largest absolute Gasteiger partial charge is 0.381 e. The Labute approximate surface area is 163 Å². The van der Waals surface area contributed by atoms with E-state index in [1.807, 2.05) is 24.3 Å². The zero-order valence-corrected chi connectivity index (χ0v) is 16.2. The Morgan fingerprint density at radius 1 is 1.41 bits per heavy atom. The van der Waals surface area contributed by atoms with Crippen molar-refractivity contribution in [2.75, 3.05) is 25.1 Å². The fourth-order valence-electron chi connectivity index (χ4n) is 3.77. The second-order valence-electron chi connectivity index (χ2n) is 7.32. The van der Waals surface area contributed by atoms with Gasteiger partial charge in [-0.15, -0.1) is 11.8 Å². The van der Waals surface area contributed by atoms with Crippen LogP contribution in [0.4, 0.5) is 5.69 Å². The summed E-state index contributed by atoms with van der Waals surface area (Å²) in [7, 11) is 0. The lowest BCUT2D eigenvalue weighted by atomic mass is 9.88. The van der Waals surface area contributed by atoms with Gasteiger partial charge in [-0.3, -0.25) is 9.59 Å². The van der Waals surface area contributed by atoms with Gasteiger partial charge in [-0.1, -0.05) is 25.2 Å². The van der Waals surface area contributed by atoms with Crippen LogP contribution in [0.1, 0.15) is 30.1 Å². The summed E-state index contributed by atoms with van der Waals surface area (Å²) in [5.74, 6) is 0.414. The second-order valence-corrected chi connectivity index (χ2v) is 8.74. The van der Waals surface area contributed by atoms with E-state index in [4.69, 9.17) is 4.74 Å². The number of allylic oxidation sites excluding steroid dienone is 3. The Morgan fingerprint density at radius 2 is 2.30 bits per heavy atom. The van der Waals surface area contributed by atoms with E-state index in [1.165, 1.54) is 0 Å². The van der Waals surface area contributed by atoms with Gasteiger partial charge in [0, 0.05) is 46.3 Å². The predicted molar refractivity (Wildman–Crippen MR) is 107 cm³/mol. The molecular weight excluding hydrogens is 360 g/mol. The van der Waals surface area contributed by atoms with Gasteiger partial charge in [-0.05, 0) is 31.0 Å². The van der Waals surface area contributed by atoms with E-state index >= 15 is 0 Å². The number of rotatable bonds is 3. The number of anilines is 1. The van der Waals surface area contributed by atoms with Crippen molar-refractivity contribution < 1.29 is 14.3 Å². The molecule has 142 valence electrons. The molecule has 1 aromatic rings. The van der Waals surface area contributed by atoms with Crippen LogP contribution in [0.5, 0.6) is 0 Å². The molecule has 27 heavy (non-hydrogen) atoms. The number of benzene rings is 1. The molecule has 6 heteroatoms. The van der Waals surface area contributed by atoms with Crippen molar-refractivity contribution in [3.63, 3.8) is 0 Å². The molecule has 2 amide bonds. The van der Waals surface area contributed by atoms with E-state index in [9.17, 15) is 9.59 Å². The molecule has 1 fully saturated rings. The lowest BCUT2D eigenvalue weighted by Gasteiger charge is -2.30. The van der Waals surface area contributed by atoms with Crippen LogP contribution in [0.25, 0.3) is 0 Å². The molecule has 1 aliphatic carbocycles. The van der Waals surface area contributed by atoms with E-state index in [0.29, 0.717) is 30.3 Å². The zero-order chi connectivity index (χ0) is 18.8. The number of nitrogens with one attached hydrogen (secondary N) is 2. The van der Waals surface area contributed by atoms with Crippen LogP contribution in [0.15, 0.2) is 46.9 Å². The van der Waals surface area contributed by atoms with Crippen molar-refractivity contribution >= 4 is 29.3 Å². The third-order valence-corrected chi connectivity index (χ3v) is 6.72. The van der Waals surface area contributed by atoms with Crippen LogP contribution in [0.3, 0.4) is 0 Å². The van der Waals surface area contributed by atoms with Gasteiger partial charge in [0.25, 0.3) is 11.8 Å². The first-order chi connectivity index (χ1) is 13.1. The highest BCUT2D eigenvalue weighted by Gasteiger charge is 2.30. The van der Waals surface area contributed by atoms with Gasteiger partial charge in [0.1, 0.15) is 0 Å². The van der Waals surface area contributed by atoms with Crippen LogP contribution in [0, 0.1) is 11.8 Å². The smallest absolute Gasteiger partial charge is 0.251 e. The summed E-state index contributed by atoms with van der Waals surface area (Å²) in [4.78, 5) is 26.3. The minimum Gasteiger partial charge on any atom is -0.381 e. The number of ether oxygens (including phenoxy) is 1. The predicted octanol–water partition coefficient (Wildman–Crippen LogP) is 3.39.